The molecule has 0 spiro atoms. The van der Waals surface area contributed by atoms with Crippen molar-refractivity contribution in [2.24, 2.45) is 5.92 Å². The Labute approximate surface area is 109 Å². The van der Waals surface area contributed by atoms with Gasteiger partial charge in [0.25, 0.3) is 0 Å². The smallest absolute Gasteiger partial charge is 0.222 e. The Balaban J connectivity index is 2.17. The lowest BCUT2D eigenvalue weighted by Gasteiger charge is -2.07. The SMILES string of the molecule is Cc1cccc(CNC(=O)CCOCC(C)C)n1. The van der Waals surface area contributed by atoms with Gasteiger partial charge >= 0.3 is 0 Å². The minimum absolute atomic E-state index is 0.00191. The quantitative estimate of drug-likeness (QED) is 0.754. The molecule has 1 aromatic rings. The summed E-state index contributed by atoms with van der Waals surface area (Å²) in [5.41, 5.74) is 1.84. The van der Waals surface area contributed by atoms with Crippen molar-refractivity contribution in [3.05, 3.63) is 29.6 Å². The second-order valence-electron chi connectivity index (χ2n) is 4.77. The molecular formula is C14H22N2O2. The maximum absolute atomic E-state index is 11.5. The van der Waals surface area contributed by atoms with Crippen LogP contribution in [0.5, 0.6) is 0 Å². The van der Waals surface area contributed by atoms with Crippen LogP contribution in [0.3, 0.4) is 0 Å². The molecule has 1 N–H and O–H groups in total. The number of aryl methyl sites for hydroxylation is 1. The highest BCUT2D eigenvalue weighted by atomic mass is 16.5. The predicted molar refractivity (Wildman–Crippen MR) is 71.1 cm³/mol. The molecule has 0 fully saturated rings. The second-order valence-corrected chi connectivity index (χ2v) is 4.77. The van der Waals surface area contributed by atoms with E-state index in [0.29, 0.717) is 32.1 Å². The fourth-order valence-corrected chi connectivity index (χ4v) is 1.46. The van der Waals surface area contributed by atoms with Gasteiger partial charge in [-0.05, 0) is 25.0 Å². The van der Waals surface area contributed by atoms with Crippen LogP contribution in [0.2, 0.25) is 0 Å². The molecule has 0 unspecified atom stereocenters. The number of carbonyl (C=O) groups is 1. The highest BCUT2D eigenvalue weighted by Gasteiger charge is 2.02. The van der Waals surface area contributed by atoms with Gasteiger partial charge in [0.1, 0.15) is 0 Å². The Kier molecular flexibility index (Phi) is 6.36. The maximum Gasteiger partial charge on any atom is 0.222 e. The van der Waals surface area contributed by atoms with Gasteiger partial charge < -0.3 is 10.1 Å². The van der Waals surface area contributed by atoms with Gasteiger partial charge in [0.2, 0.25) is 5.91 Å². The topological polar surface area (TPSA) is 51.2 Å². The van der Waals surface area contributed by atoms with Crippen molar-refractivity contribution < 1.29 is 9.53 Å². The summed E-state index contributed by atoms with van der Waals surface area (Å²) in [5.74, 6) is 0.506. The molecule has 4 nitrogen and oxygen atoms in total. The van der Waals surface area contributed by atoms with Gasteiger partial charge in [-0.15, -0.1) is 0 Å². The summed E-state index contributed by atoms with van der Waals surface area (Å²) >= 11 is 0. The fraction of sp³-hybridized carbons (Fsp3) is 0.571. The first-order chi connectivity index (χ1) is 8.58. The zero-order valence-corrected chi connectivity index (χ0v) is 11.4. The normalized spacial score (nSPS) is 10.7. The monoisotopic (exact) mass is 250 g/mol. The number of carbonyl (C=O) groups excluding carboxylic acids is 1. The Morgan fingerprint density at radius 3 is 2.89 bits per heavy atom. The van der Waals surface area contributed by atoms with Crippen molar-refractivity contribution in [1.29, 1.82) is 0 Å². The van der Waals surface area contributed by atoms with Crippen LogP contribution in [-0.2, 0) is 16.1 Å². The van der Waals surface area contributed by atoms with E-state index in [1.807, 2.05) is 25.1 Å². The summed E-state index contributed by atoms with van der Waals surface area (Å²) < 4.78 is 5.36. The van der Waals surface area contributed by atoms with Gasteiger partial charge in [0.05, 0.1) is 18.8 Å². The van der Waals surface area contributed by atoms with E-state index in [9.17, 15) is 4.79 Å². The van der Waals surface area contributed by atoms with Crippen LogP contribution in [0.4, 0.5) is 0 Å². The second kappa shape index (κ2) is 7.82. The van der Waals surface area contributed by atoms with E-state index in [1.165, 1.54) is 0 Å². The maximum atomic E-state index is 11.5. The molecule has 1 aromatic heterocycles. The molecule has 0 aliphatic heterocycles. The molecule has 0 aliphatic rings. The van der Waals surface area contributed by atoms with E-state index in [2.05, 4.69) is 24.1 Å². The molecule has 1 amide bonds. The van der Waals surface area contributed by atoms with E-state index in [1.54, 1.807) is 0 Å². The standard InChI is InChI=1S/C14H22N2O2/c1-11(2)10-18-8-7-14(17)15-9-13-6-4-5-12(3)16-13/h4-6,11H,7-10H2,1-3H3,(H,15,17). The van der Waals surface area contributed by atoms with Crippen LogP contribution < -0.4 is 5.32 Å². The van der Waals surface area contributed by atoms with Crippen molar-refractivity contribution in [2.75, 3.05) is 13.2 Å². The summed E-state index contributed by atoms with van der Waals surface area (Å²) in [4.78, 5) is 15.8. The Hall–Kier alpha value is -1.42. The van der Waals surface area contributed by atoms with Gasteiger partial charge in [-0.3, -0.25) is 9.78 Å². The van der Waals surface area contributed by atoms with Gasteiger partial charge in [0, 0.05) is 18.7 Å². The summed E-state index contributed by atoms with van der Waals surface area (Å²) in [6, 6.07) is 5.78. The number of hydrogen-bond donors (Lipinski definition) is 1. The lowest BCUT2D eigenvalue weighted by molar-refractivity contribution is -0.122. The number of nitrogens with zero attached hydrogens (tertiary/aromatic N) is 1. The molecule has 0 aliphatic carbocycles. The number of nitrogens with one attached hydrogen (secondary N) is 1. The molecule has 18 heavy (non-hydrogen) atoms. The molecule has 0 radical (unpaired) electrons. The highest BCUT2D eigenvalue weighted by molar-refractivity contribution is 5.75. The molecule has 0 saturated carbocycles. The number of pyridine rings is 1. The Bertz CT molecular complexity index is 378. The lowest BCUT2D eigenvalue weighted by atomic mass is 10.2. The summed E-state index contributed by atoms with van der Waals surface area (Å²) in [6.45, 7) is 7.76. The average Bonchev–Trinajstić information content (AvgIpc) is 2.32. The predicted octanol–water partition coefficient (Wildman–Crippen LogP) is 2.07. The molecule has 0 aromatic carbocycles. The zero-order valence-electron chi connectivity index (χ0n) is 11.4. The van der Waals surface area contributed by atoms with E-state index in [4.69, 9.17) is 4.74 Å². The molecule has 1 rings (SSSR count). The highest BCUT2D eigenvalue weighted by Crippen LogP contribution is 1.98. The third-order valence-electron chi connectivity index (χ3n) is 2.34. The summed E-state index contributed by atoms with van der Waals surface area (Å²) in [5, 5.41) is 2.83. The zero-order chi connectivity index (χ0) is 13.4. The molecule has 100 valence electrons. The number of amides is 1. The summed E-state index contributed by atoms with van der Waals surface area (Å²) in [6.07, 6.45) is 0.401. The van der Waals surface area contributed by atoms with E-state index in [-0.39, 0.29) is 5.91 Å². The van der Waals surface area contributed by atoms with E-state index in [0.717, 1.165) is 11.4 Å². The number of rotatable bonds is 7. The first-order valence-electron chi connectivity index (χ1n) is 6.35. The molecular weight excluding hydrogens is 228 g/mol. The molecule has 4 heteroatoms. The van der Waals surface area contributed by atoms with E-state index < -0.39 is 0 Å². The minimum Gasteiger partial charge on any atom is -0.381 e. The molecule has 1 heterocycles. The first kappa shape index (κ1) is 14.6. The van der Waals surface area contributed by atoms with Crippen LogP contribution in [0.25, 0.3) is 0 Å². The number of ether oxygens (including phenoxy) is 1. The third-order valence-corrected chi connectivity index (χ3v) is 2.34. The number of hydrogen-bond acceptors (Lipinski definition) is 3. The van der Waals surface area contributed by atoms with Crippen molar-refractivity contribution in [1.82, 2.24) is 10.3 Å². The largest absolute Gasteiger partial charge is 0.381 e. The van der Waals surface area contributed by atoms with Crippen molar-refractivity contribution in [2.45, 2.75) is 33.7 Å². The average molecular weight is 250 g/mol. The van der Waals surface area contributed by atoms with Crippen LogP contribution in [-0.4, -0.2) is 24.1 Å². The van der Waals surface area contributed by atoms with Gasteiger partial charge in [-0.2, -0.15) is 0 Å². The van der Waals surface area contributed by atoms with Crippen molar-refractivity contribution in [3.63, 3.8) is 0 Å². The minimum atomic E-state index is 0.00191. The van der Waals surface area contributed by atoms with Crippen LogP contribution in [0, 0.1) is 12.8 Å². The molecule has 0 atom stereocenters. The van der Waals surface area contributed by atoms with Crippen LogP contribution in [0.1, 0.15) is 31.7 Å². The molecule has 0 bridgehead atoms. The number of aromatic nitrogens is 1. The third kappa shape index (κ3) is 6.35. The van der Waals surface area contributed by atoms with Crippen LogP contribution >= 0.6 is 0 Å². The molecule has 0 saturated heterocycles. The van der Waals surface area contributed by atoms with Crippen molar-refractivity contribution >= 4 is 5.91 Å². The Morgan fingerprint density at radius 2 is 2.22 bits per heavy atom. The fourth-order valence-electron chi connectivity index (χ4n) is 1.46. The van der Waals surface area contributed by atoms with E-state index >= 15 is 0 Å². The van der Waals surface area contributed by atoms with Gasteiger partial charge in [-0.1, -0.05) is 19.9 Å². The van der Waals surface area contributed by atoms with Gasteiger partial charge in [-0.25, -0.2) is 0 Å². The Morgan fingerprint density at radius 1 is 1.44 bits per heavy atom. The van der Waals surface area contributed by atoms with Crippen LogP contribution in [0.15, 0.2) is 18.2 Å². The van der Waals surface area contributed by atoms with Gasteiger partial charge in [0.15, 0.2) is 0 Å². The van der Waals surface area contributed by atoms with Crippen molar-refractivity contribution in [3.8, 4) is 0 Å². The first-order valence-corrected chi connectivity index (χ1v) is 6.35. The lowest BCUT2D eigenvalue weighted by Crippen LogP contribution is -2.24. The summed E-state index contributed by atoms with van der Waals surface area (Å²) in [7, 11) is 0.